The first kappa shape index (κ1) is 10.6. The Morgan fingerprint density at radius 1 is 1.53 bits per heavy atom. The molecule has 1 saturated heterocycles. The van der Waals surface area contributed by atoms with Crippen molar-refractivity contribution in [2.75, 3.05) is 11.4 Å². The molecule has 1 aromatic carbocycles. The standard InChI is InChI=1S/C10H10ClNO2S/c11-6-1-2-9(13)8(3-6)12-5-7(15)4-10(12)14/h1-3,7,13,15H,4-5H2. The number of aromatic hydroxyl groups is 1. The summed E-state index contributed by atoms with van der Waals surface area (Å²) in [6.07, 6.45) is 0.398. The summed E-state index contributed by atoms with van der Waals surface area (Å²) in [4.78, 5) is 13.1. The lowest BCUT2D eigenvalue weighted by molar-refractivity contribution is -0.117. The quantitative estimate of drug-likeness (QED) is 0.742. The Morgan fingerprint density at radius 3 is 2.87 bits per heavy atom. The smallest absolute Gasteiger partial charge is 0.228 e. The molecule has 80 valence electrons. The number of anilines is 1. The van der Waals surface area contributed by atoms with Gasteiger partial charge in [-0.3, -0.25) is 4.79 Å². The molecule has 2 rings (SSSR count). The second kappa shape index (κ2) is 3.94. The van der Waals surface area contributed by atoms with Gasteiger partial charge in [0.2, 0.25) is 5.91 Å². The van der Waals surface area contributed by atoms with Crippen LogP contribution in [0, 0.1) is 0 Å². The van der Waals surface area contributed by atoms with Crippen molar-refractivity contribution in [1.29, 1.82) is 0 Å². The fourth-order valence-electron chi connectivity index (χ4n) is 1.63. The normalized spacial score (nSPS) is 21.1. The molecule has 1 aliphatic rings. The molecule has 15 heavy (non-hydrogen) atoms. The third kappa shape index (κ3) is 2.06. The summed E-state index contributed by atoms with van der Waals surface area (Å²) in [7, 11) is 0. The van der Waals surface area contributed by atoms with Crippen LogP contribution in [0.4, 0.5) is 5.69 Å². The van der Waals surface area contributed by atoms with Crippen LogP contribution in [0.25, 0.3) is 0 Å². The van der Waals surface area contributed by atoms with Crippen LogP contribution in [0.3, 0.4) is 0 Å². The maximum absolute atomic E-state index is 11.6. The molecule has 3 nitrogen and oxygen atoms in total. The summed E-state index contributed by atoms with van der Waals surface area (Å²) in [5, 5.41) is 10.1. The fourth-order valence-corrected chi connectivity index (χ4v) is 2.12. The SMILES string of the molecule is O=C1CC(S)CN1c1cc(Cl)ccc1O. The number of carbonyl (C=O) groups excluding carboxylic acids is 1. The molecule has 0 aliphatic carbocycles. The van der Waals surface area contributed by atoms with Gasteiger partial charge in [-0.15, -0.1) is 0 Å². The Hall–Kier alpha value is -0.870. The van der Waals surface area contributed by atoms with Crippen molar-refractivity contribution < 1.29 is 9.90 Å². The molecule has 1 aliphatic heterocycles. The summed E-state index contributed by atoms with van der Waals surface area (Å²) < 4.78 is 0. The van der Waals surface area contributed by atoms with E-state index in [4.69, 9.17) is 11.6 Å². The number of rotatable bonds is 1. The van der Waals surface area contributed by atoms with E-state index < -0.39 is 0 Å². The number of halogens is 1. The number of hydrogen-bond acceptors (Lipinski definition) is 3. The van der Waals surface area contributed by atoms with Gasteiger partial charge < -0.3 is 10.0 Å². The van der Waals surface area contributed by atoms with E-state index >= 15 is 0 Å². The van der Waals surface area contributed by atoms with Crippen molar-refractivity contribution >= 4 is 35.8 Å². The van der Waals surface area contributed by atoms with E-state index in [0.29, 0.717) is 23.7 Å². The van der Waals surface area contributed by atoms with Gasteiger partial charge in [-0.25, -0.2) is 0 Å². The van der Waals surface area contributed by atoms with Crippen LogP contribution >= 0.6 is 24.2 Å². The molecule has 1 amide bonds. The lowest BCUT2D eigenvalue weighted by Gasteiger charge is -2.17. The van der Waals surface area contributed by atoms with Crippen LogP contribution in [-0.2, 0) is 4.79 Å². The third-order valence-electron chi connectivity index (χ3n) is 2.33. The predicted octanol–water partition coefficient (Wildman–Crippen LogP) is 2.08. The second-order valence-electron chi connectivity index (χ2n) is 3.50. The van der Waals surface area contributed by atoms with E-state index in [1.807, 2.05) is 0 Å². The van der Waals surface area contributed by atoms with Gasteiger partial charge >= 0.3 is 0 Å². The van der Waals surface area contributed by atoms with E-state index in [0.717, 1.165) is 0 Å². The Kier molecular flexibility index (Phi) is 2.80. The minimum Gasteiger partial charge on any atom is -0.506 e. The highest BCUT2D eigenvalue weighted by Crippen LogP contribution is 2.33. The zero-order chi connectivity index (χ0) is 11.0. The van der Waals surface area contributed by atoms with E-state index in [2.05, 4.69) is 12.6 Å². The van der Waals surface area contributed by atoms with Gasteiger partial charge in [0.05, 0.1) is 5.69 Å². The van der Waals surface area contributed by atoms with E-state index in [-0.39, 0.29) is 16.9 Å². The topological polar surface area (TPSA) is 40.5 Å². The molecule has 0 aromatic heterocycles. The van der Waals surface area contributed by atoms with E-state index in [9.17, 15) is 9.90 Å². The number of amides is 1. The lowest BCUT2D eigenvalue weighted by atomic mass is 10.2. The first-order valence-electron chi connectivity index (χ1n) is 4.55. The molecule has 1 fully saturated rings. The van der Waals surface area contributed by atoms with Crippen LogP contribution in [0.2, 0.25) is 5.02 Å². The predicted molar refractivity (Wildman–Crippen MR) is 62.9 cm³/mol. The zero-order valence-corrected chi connectivity index (χ0v) is 9.50. The number of nitrogens with zero attached hydrogens (tertiary/aromatic N) is 1. The summed E-state index contributed by atoms with van der Waals surface area (Å²) >= 11 is 10.1. The van der Waals surface area contributed by atoms with Crippen molar-refractivity contribution in [3.05, 3.63) is 23.2 Å². The summed E-state index contributed by atoms with van der Waals surface area (Å²) in [5.41, 5.74) is 0.462. The number of thiol groups is 1. The minimum atomic E-state index is -0.0347. The van der Waals surface area contributed by atoms with E-state index in [1.54, 1.807) is 12.1 Å². The highest BCUT2D eigenvalue weighted by molar-refractivity contribution is 7.81. The average Bonchev–Trinajstić information content (AvgIpc) is 2.50. The number of hydrogen-bond donors (Lipinski definition) is 2. The van der Waals surface area contributed by atoms with Crippen LogP contribution in [0.1, 0.15) is 6.42 Å². The van der Waals surface area contributed by atoms with Crippen LogP contribution in [0.5, 0.6) is 5.75 Å². The Bertz CT molecular complexity index is 410. The Labute approximate surface area is 98.1 Å². The number of carbonyl (C=O) groups is 1. The van der Waals surface area contributed by atoms with Crippen LogP contribution in [-0.4, -0.2) is 22.8 Å². The van der Waals surface area contributed by atoms with Gasteiger partial charge in [-0.1, -0.05) is 11.6 Å². The largest absolute Gasteiger partial charge is 0.506 e. The molecular weight excluding hydrogens is 234 g/mol. The first-order valence-corrected chi connectivity index (χ1v) is 5.44. The fraction of sp³-hybridized carbons (Fsp3) is 0.300. The Balaban J connectivity index is 2.37. The first-order chi connectivity index (χ1) is 7.08. The maximum Gasteiger partial charge on any atom is 0.228 e. The average molecular weight is 244 g/mol. The van der Waals surface area contributed by atoms with Crippen LogP contribution in [0.15, 0.2) is 18.2 Å². The van der Waals surface area contributed by atoms with Crippen molar-refractivity contribution in [1.82, 2.24) is 0 Å². The molecule has 1 N–H and O–H groups in total. The number of phenolic OH excluding ortho intramolecular Hbond substituents is 1. The summed E-state index contributed by atoms with van der Waals surface area (Å²) in [6.45, 7) is 0.510. The minimum absolute atomic E-state index is 0.0240. The van der Waals surface area contributed by atoms with Gasteiger partial charge in [0.15, 0.2) is 0 Å². The summed E-state index contributed by atoms with van der Waals surface area (Å²) in [5.74, 6) is 0.0303. The van der Waals surface area contributed by atoms with Crippen molar-refractivity contribution in [2.24, 2.45) is 0 Å². The second-order valence-corrected chi connectivity index (χ2v) is 4.66. The molecule has 0 radical (unpaired) electrons. The molecule has 0 spiro atoms. The number of phenols is 1. The summed E-state index contributed by atoms with van der Waals surface area (Å²) in [6, 6.07) is 4.65. The molecule has 1 heterocycles. The van der Waals surface area contributed by atoms with Gasteiger partial charge in [-0.2, -0.15) is 12.6 Å². The third-order valence-corrected chi connectivity index (χ3v) is 2.91. The highest BCUT2D eigenvalue weighted by Gasteiger charge is 2.29. The molecule has 1 aromatic rings. The van der Waals surface area contributed by atoms with Crippen LogP contribution < -0.4 is 4.90 Å². The van der Waals surface area contributed by atoms with Gasteiger partial charge in [-0.05, 0) is 18.2 Å². The lowest BCUT2D eigenvalue weighted by Crippen LogP contribution is -2.24. The maximum atomic E-state index is 11.6. The molecule has 0 saturated carbocycles. The molecule has 1 atom stereocenters. The van der Waals surface area contributed by atoms with Crippen molar-refractivity contribution in [2.45, 2.75) is 11.7 Å². The molecule has 1 unspecified atom stereocenters. The molecule has 0 bridgehead atoms. The highest BCUT2D eigenvalue weighted by atomic mass is 35.5. The monoisotopic (exact) mass is 243 g/mol. The Morgan fingerprint density at radius 2 is 2.27 bits per heavy atom. The van der Waals surface area contributed by atoms with Gasteiger partial charge in [0.1, 0.15) is 5.75 Å². The molecule has 5 heteroatoms. The zero-order valence-electron chi connectivity index (χ0n) is 7.85. The van der Waals surface area contributed by atoms with E-state index in [1.165, 1.54) is 11.0 Å². The number of benzene rings is 1. The van der Waals surface area contributed by atoms with Crippen molar-refractivity contribution in [3.63, 3.8) is 0 Å². The molecular formula is C10H10ClNO2S. The van der Waals surface area contributed by atoms with Crippen molar-refractivity contribution in [3.8, 4) is 5.75 Å². The van der Waals surface area contributed by atoms with Gasteiger partial charge in [0.25, 0.3) is 0 Å². The van der Waals surface area contributed by atoms with Gasteiger partial charge in [0, 0.05) is 23.2 Å².